The number of hydrogen-bond donors (Lipinski definition) is 1. The van der Waals surface area contributed by atoms with Gasteiger partial charge in [0.1, 0.15) is 12.1 Å². The Bertz CT molecular complexity index is 1330. The molecule has 2 fully saturated rings. The van der Waals surface area contributed by atoms with Crippen molar-refractivity contribution >= 4 is 23.8 Å². The van der Waals surface area contributed by atoms with Crippen LogP contribution in [0.5, 0.6) is 11.5 Å². The third kappa shape index (κ3) is 4.61. The molecule has 2 bridgehead atoms. The number of ether oxygens (including phenoxy) is 3. The van der Waals surface area contributed by atoms with Gasteiger partial charge in [0.05, 0.1) is 7.11 Å². The largest absolute Gasteiger partial charge is 0.493 e. The number of benzene rings is 1. The molecule has 6 atom stereocenters. The molecule has 0 saturated carbocycles. The minimum Gasteiger partial charge on any atom is -0.493 e. The third-order valence-electron chi connectivity index (χ3n) is 9.07. The highest BCUT2D eigenvalue weighted by molar-refractivity contribution is 6.05. The zero-order chi connectivity index (χ0) is 30.7. The summed E-state index contributed by atoms with van der Waals surface area (Å²) in [6, 6.07) is 3.52. The lowest BCUT2D eigenvalue weighted by Gasteiger charge is -2.56. The number of carbonyl (C=O) groups is 4. The first-order chi connectivity index (χ1) is 19.7. The average molecular weight is 595 g/mol. The Morgan fingerprint density at radius 3 is 2.36 bits per heavy atom. The van der Waals surface area contributed by atoms with Crippen LogP contribution < -0.4 is 9.47 Å². The number of imide groups is 1. The SMILES string of the molecule is COc1ccc2c3c1O[C@H]1[C@@H](OC(=O)[C@H](C(C)C)N4C(=O)CCC4=O)C=C[C@H]4[C@@H](C2)N(C)CC[C@@]341.O=C(O)C(F)(F)F. The molecule has 2 amide bonds. The Morgan fingerprint density at radius 2 is 1.79 bits per heavy atom. The maximum Gasteiger partial charge on any atom is 0.490 e. The smallest absolute Gasteiger partial charge is 0.490 e. The molecular weight excluding hydrogens is 561 g/mol. The lowest BCUT2D eigenvalue weighted by atomic mass is 9.53. The van der Waals surface area contributed by atoms with Crippen LogP contribution in [0.15, 0.2) is 24.3 Å². The summed E-state index contributed by atoms with van der Waals surface area (Å²) in [7, 11) is 3.82. The number of aliphatic carboxylic acids is 1. The minimum atomic E-state index is -5.08. The third-order valence-corrected chi connectivity index (χ3v) is 9.07. The first kappa shape index (κ1) is 29.9. The normalized spacial score (nSPS) is 29.9. The van der Waals surface area contributed by atoms with Crippen LogP contribution in [0.3, 0.4) is 0 Å². The zero-order valence-electron chi connectivity index (χ0n) is 23.6. The number of carbonyl (C=O) groups excluding carboxylic acids is 3. The molecule has 1 aromatic carbocycles. The number of amides is 2. The van der Waals surface area contributed by atoms with Crippen LogP contribution in [0.2, 0.25) is 0 Å². The Hall–Kier alpha value is -3.61. The summed E-state index contributed by atoms with van der Waals surface area (Å²) >= 11 is 0. The van der Waals surface area contributed by atoms with Crippen LogP contribution in [-0.4, -0.2) is 89.8 Å². The van der Waals surface area contributed by atoms with E-state index in [1.807, 2.05) is 26.0 Å². The topological polar surface area (TPSA) is 123 Å². The number of carboxylic acid groups (broad SMARTS) is 1. The number of rotatable bonds is 5. The predicted molar refractivity (Wildman–Crippen MR) is 140 cm³/mol. The number of nitrogens with zero attached hydrogens (tertiary/aromatic N) is 2. The highest BCUT2D eigenvalue weighted by Crippen LogP contribution is 2.62. The average Bonchev–Trinajstić information content (AvgIpc) is 3.44. The monoisotopic (exact) mass is 594 g/mol. The van der Waals surface area contributed by atoms with Crippen LogP contribution in [0.25, 0.3) is 0 Å². The van der Waals surface area contributed by atoms with Gasteiger partial charge in [0.15, 0.2) is 17.6 Å². The van der Waals surface area contributed by atoms with Crippen LogP contribution in [0.1, 0.15) is 44.2 Å². The van der Waals surface area contributed by atoms with Crippen molar-refractivity contribution in [2.24, 2.45) is 11.8 Å². The van der Waals surface area contributed by atoms with Crippen LogP contribution in [0.4, 0.5) is 13.2 Å². The van der Waals surface area contributed by atoms with E-state index in [-0.39, 0.29) is 48.0 Å². The maximum atomic E-state index is 13.5. The molecule has 6 rings (SSSR count). The van der Waals surface area contributed by atoms with Gasteiger partial charge in [-0.1, -0.05) is 26.0 Å². The van der Waals surface area contributed by atoms with E-state index in [9.17, 15) is 27.6 Å². The van der Waals surface area contributed by atoms with Gasteiger partial charge in [-0.25, -0.2) is 9.59 Å². The number of alkyl halides is 3. The van der Waals surface area contributed by atoms with Crippen molar-refractivity contribution in [3.05, 3.63) is 35.4 Å². The molecule has 0 aromatic heterocycles. The fraction of sp³-hybridized carbons (Fsp3) is 0.586. The highest BCUT2D eigenvalue weighted by atomic mass is 19.4. The van der Waals surface area contributed by atoms with Crippen molar-refractivity contribution in [1.82, 2.24) is 9.80 Å². The summed E-state index contributed by atoms with van der Waals surface area (Å²) in [5.74, 6) is -2.50. The van der Waals surface area contributed by atoms with Crippen molar-refractivity contribution in [1.29, 1.82) is 0 Å². The number of piperidine rings is 1. The summed E-state index contributed by atoms with van der Waals surface area (Å²) in [6.45, 7) is 4.59. The molecular formula is C29H33F3N2O8. The van der Waals surface area contributed by atoms with Crippen LogP contribution >= 0.6 is 0 Å². The maximum absolute atomic E-state index is 13.5. The second-order valence-electron chi connectivity index (χ2n) is 11.7. The summed E-state index contributed by atoms with van der Waals surface area (Å²) < 4.78 is 50.2. The highest BCUT2D eigenvalue weighted by Gasteiger charge is 2.65. The number of halogens is 3. The van der Waals surface area contributed by atoms with Gasteiger partial charge in [0, 0.05) is 35.8 Å². The Balaban J connectivity index is 0.000000451. The molecule has 5 aliphatic rings. The molecule has 228 valence electrons. The summed E-state index contributed by atoms with van der Waals surface area (Å²) in [5.41, 5.74) is 2.16. The van der Waals surface area contributed by atoms with Gasteiger partial charge in [-0.3, -0.25) is 14.5 Å². The van der Waals surface area contributed by atoms with Gasteiger partial charge in [0.2, 0.25) is 11.8 Å². The van der Waals surface area contributed by atoms with E-state index < -0.39 is 30.3 Å². The molecule has 2 aliphatic carbocycles. The Labute approximate surface area is 240 Å². The summed E-state index contributed by atoms with van der Waals surface area (Å²) in [6.07, 6.45) is 0.162. The van der Waals surface area contributed by atoms with Gasteiger partial charge in [0.25, 0.3) is 0 Å². The lowest BCUT2D eigenvalue weighted by Crippen LogP contribution is -2.65. The van der Waals surface area contributed by atoms with Gasteiger partial charge in [-0.15, -0.1) is 0 Å². The molecule has 0 radical (unpaired) electrons. The van der Waals surface area contributed by atoms with E-state index in [4.69, 9.17) is 24.1 Å². The molecule has 3 heterocycles. The first-order valence-corrected chi connectivity index (χ1v) is 13.8. The van der Waals surface area contributed by atoms with Gasteiger partial charge in [-0.05, 0) is 50.1 Å². The van der Waals surface area contributed by atoms with Crippen molar-refractivity contribution < 1.29 is 51.7 Å². The molecule has 0 unspecified atom stereocenters. The van der Waals surface area contributed by atoms with Gasteiger partial charge < -0.3 is 24.2 Å². The first-order valence-electron chi connectivity index (χ1n) is 13.8. The number of hydrogen-bond acceptors (Lipinski definition) is 8. The number of likely N-dealkylation sites (N-methyl/N-ethyl adjacent to an activating group) is 1. The fourth-order valence-electron chi connectivity index (χ4n) is 7.25. The number of carboxylic acids is 1. The standard InChI is InChI=1S/C27H32N2O6.C2HF3O2/c1-14(2)23(29-20(30)9-10-21(29)31)26(32)34-19-8-6-16-17-13-15-5-7-18(33-4)24-22(15)27(16,25(19)35-24)11-12-28(17)3;3-2(4,5)1(6)7/h5-8,14,16-17,19,23,25H,9-13H2,1-4H3;(H,6,7)/t16-,17+,19-,23-,25-,27-;/m0./s1. The van der Waals surface area contributed by atoms with Crippen LogP contribution in [0, 0.1) is 11.8 Å². The molecule has 13 heteroatoms. The van der Waals surface area contributed by atoms with E-state index in [0.29, 0.717) is 11.8 Å². The fourth-order valence-corrected chi connectivity index (χ4v) is 7.25. The molecule has 1 aromatic rings. The number of likely N-dealkylation sites (tertiary alicyclic amines) is 2. The summed E-state index contributed by atoms with van der Waals surface area (Å²) in [5, 5.41) is 7.12. The predicted octanol–water partition coefficient (Wildman–Crippen LogP) is 2.86. The molecule has 1 spiro atoms. The number of esters is 1. The van der Waals surface area contributed by atoms with Gasteiger partial charge >= 0.3 is 18.1 Å². The van der Waals surface area contributed by atoms with Crippen molar-refractivity contribution in [2.45, 2.75) is 75.4 Å². The molecule has 1 N–H and O–H groups in total. The second kappa shape index (κ2) is 10.6. The van der Waals surface area contributed by atoms with Crippen molar-refractivity contribution in [2.75, 3.05) is 20.7 Å². The summed E-state index contributed by atoms with van der Waals surface area (Å²) in [4.78, 5) is 50.8. The minimum absolute atomic E-state index is 0.141. The zero-order valence-corrected chi connectivity index (χ0v) is 23.6. The Morgan fingerprint density at radius 1 is 1.14 bits per heavy atom. The molecule has 2 saturated heterocycles. The quantitative estimate of drug-likeness (QED) is 0.312. The number of methoxy groups -OCH3 is 1. The van der Waals surface area contributed by atoms with E-state index >= 15 is 0 Å². The van der Waals surface area contributed by atoms with Gasteiger partial charge in [-0.2, -0.15) is 13.2 Å². The van der Waals surface area contributed by atoms with Crippen LogP contribution in [-0.2, 0) is 35.8 Å². The van der Waals surface area contributed by atoms with E-state index in [0.717, 1.165) is 30.0 Å². The van der Waals surface area contributed by atoms with E-state index in [1.54, 1.807) is 7.11 Å². The Kier molecular flexibility index (Phi) is 7.53. The molecule has 3 aliphatic heterocycles. The lowest BCUT2D eigenvalue weighted by molar-refractivity contribution is -0.192. The molecule has 10 nitrogen and oxygen atoms in total. The van der Waals surface area contributed by atoms with E-state index in [1.165, 1.54) is 11.1 Å². The second-order valence-corrected chi connectivity index (χ2v) is 11.7. The van der Waals surface area contributed by atoms with E-state index in [2.05, 4.69) is 24.1 Å². The molecule has 42 heavy (non-hydrogen) atoms. The van der Waals surface area contributed by atoms with Crippen molar-refractivity contribution in [3.8, 4) is 11.5 Å². The van der Waals surface area contributed by atoms with Crippen molar-refractivity contribution in [3.63, 3.8) is 0 Å².